The van der Waals surface area contributed by atoms with Crippen molar-refractivity contribution in [1.29, 1.82) is 0 Å². The molecule has 6 atom stereocenters. The topological polar surface area (TPSA) is 182 Å². The third kappa shape index (κ3) is 7.69. The van der Waals surface area contributed by atoms with Gasteiger partial charge in [-0.15, -0.1) is 6.58 Å². The molecular formula is C36H47N5O9S. The number of alkyl carbamates (subject to hydrolysis) is 1. The van der Waals surface area contributed by atoms with Gasteiger partial charge in [0.15, 0.2) is 0 Å². The molecule has 3 heterocycles. The summed E-state index contributed by atoms with van der Waals surface area (Å²) < 4.78 is 45.3. The Kier molecular flexibility index (Phi) is 10.1. The maximum absolute atomic E-state index is 14.4. The van der Waals surface area contributed by atoms with Crippen LogP contribution in [-0.4, -0.2) is 91.4 Å². The minimum Gasteiger partial charge on any atom is -0.472 e. The minimum absolute atomic E-state index is 0.0289. The van der Waals surface area contributed by atoms with Crippen molar-refractivity contribution in [3.05, 3.63) is 48.7 Å². The third-order valence-corrected chi connectivity index (χ3v) is 12.1. The van der Waals surface area contributed by atoms with Gasteiger partial charge in [-0.05, 0) is 67.0 Å². The Morgan fingerprint density at radius 1 is 1.16 bits per heavy atom. The van der Waals surface area contributed by atoms with E-state index in [0.29, 0.717) is 38.0 Å². The zero-order valence-electron chi connectivity index (χ0n) is 29.5. The number of ether oxygens (including phenoxy) is 3. The second kappa shape index (κ2) is 14.1. The van der Waals surface area contributed by atoms with Crippen molar-refractivity contribution in [2.45, 2.75) is 101 Å². The molecule has 0 spiro atoms. The molecule has 3 fully saturated rings. The third-order valence-electron chi connectivity index (χ3n) is 10.3. The molecule has 2 aromatic rings. The summed E-state index contributed by atoms with van der Waals surface area (Å²) in [6, 6.07) is 5.57. The van der Waals surface area contributed by atoms with Crippen LogP contribution in [0.1, 0.15) is 77.4 Å². The molecular weight excluding hydrogens is 678 g/mol. The standard InChI is InChI=1S/C36H47N5O9S/c1-6-23-19-36(23,33(44)40-51(46,47)25-12-13-25)39-30(42)27-18-24-20-41(27)32(43)29(35(2,3)4)38-34(45)49-16-8-7-9-28(48-5)22-11-10-21-14-15-37-31(50-24)26(21)17-22/h6,10-11,14-15,17,23-25,27-29H,1,7-9,12-13,16,18-20H2,2-5H3,(H,38,45)(H,39,42)(H,40,44). The van der Waals surface area contributed by atoms with Gasteiger partial charge in [-0.1, -0.05) is 39.0 Å². The van der Waals surface area contributed by atoms with Gasteiger partial charge < -0.3 is 29.7 Å². The number of carbonyl (C=O) groups is 4. The number of aromatic nitrogens is 1. The van der Waals surface area contributed by atoms with Crippen molar-refractivity contribution in [3.63, 3.8) is 0 Å². The van der Waals surface area contributed by atoms with Gasteiger partial charge in [-0.2, -0.15) is 0 Å². The number of nitrogens with zero attached hydrogens (tertiary/aromatic N) is 2. The van der Waals surface area contributed by atoms with Crippen LogP contribution in [0, 0.1) is 11.3 Å². The van der Waals surface area contributed by atoms with Crippen LogP contribution in [0.4, 0.5) is 4.79 Å². The summed E-state index contributed by atoms with van der Waals surface area (Å²) in [7, 11) is -2.25. The zero-order valence-corrected chi connectivity index (χ0v) is 30.3. The van der Waals surface area contributed by atoms with E-state index >= 15 is 0 Å². The highest BCUT2D eigenvalue weighted by atomic mass is 32.2. The van der Waals surface area contributed by atoms with Crippen LogP contribution in [0.15, 0.2) is 43.1 Å². The highest BCUT2D eigenvalue weighted by molar-refractivity contribution is 7.91. The smallest absolute Gasteiger partial charge is 0.407 e. The van der Waals surface area contributed by atoms with Gasteiger partial charge >= 0.3 is 6.09 Å². The molecule has 1 saturated heterocycles. The number of benzene rings is 1. The van der Waals surface area contributed by atoms with E-state index in [0.717, 1.165) is 16.3 Å². The SMILES string of the molecule is C=CC1CC1(NC(=O)C1CC2CN1C(=O)C(C(C)(C)C)NC(=O)OCCCCC(OC)c1ccc3ccnc(c3c1)O2)C(=O)NS(=O)(=O)C1CC1. The molecule has 6 unspecified atom stereocenters. The predicted molar refractivity (Wildman–Crippen MR) is 187 cm³/mol. The molecule has 15 heteroatoms. The second-order valence-corrected chi connectivity index (χ2v) is 17.0. The van der Waals surface area contributed by atoms with Crippen LogP contribution in [0.3, 0.4) is 0 Å². The Bertz CT molecular complexity index is 1820. The van der Waals surface area contributed by atoms with Gasteiger partial charge in [0.05, 0.1) is 24.5 Å². The molecule has 4 aliphatic rings. The largest absolute Gasteiger partial charge is 0.472 e. The Morgan fingerprint density at radius 3 is 2.59 bits per heavy atom. The van der Waals surface area contributed by atoms with E-state index in [1.54, 1.807) is 34.1 Å². The van der Waals surface area contributed by atoms with Gasteiger partial charge in [-0.25, -0.2) is 18.2 Å². The average Bonchev–Trinajstić information content (AvgIpc) is 4.01. The monoisotopic (exact) mass is 725 g/mol. The van der Waals surface area contributed by atoms with E-state index in [-0.39, 0.29) is 32.1 Å². The fraction of sp³-hybridized carbons (Fsp3) is 0.583. The summed E-state index contributed by atoms with van der Waals surface area (Å²) in [4.78, 5) is 61.0. The van der Waals surface area contributed by atoms with Crippen molar-refractivity contribution in [2.75, 3.05) is 20.3 Å². The molecule has 4 bridgehead atoms. The zero-order chi connectivity index (χ0) is 36.7. The minimum atomic E-state index is -3.89. The van der Waals surface area contributed by atoms with Crippen LogP contribution in [0.2, 0.25) is 0 Å². The predicted octanol–water partition coefficient (Wildman–Crippen LogP) is 3.26. The number of methoxy groups -OCH3 is 1. The lowest BCUT2D eigenvalue weighted by atomic mass is 9.85. The Labute approximate surface area is 298 Å². The van der Waals surface area contributed by atoms with Gasteiger partial charge in [0.25, 0.3) is 5.91 Å². The first kappa shape index (κ1) is 36.5. The Hall–Kier alpha value is -4.24. The van der Waals surface area contributed by atoms with Crippen LogP contribution >= 0.6 is 0 Å². The van der Waals surface area contributed by atoms with Gasteiger partial charge in [0.1, 0.15) is 23.7 Å². The number of cyclic esters (lactones) is 1. The summed E-state index contributed by atoms with van der Waals surface area (Å²) in [5.74, 6) is -2.22. The molecule has 4 amide bonds. The number of hydrogen-bond donors (Lipinski definition) is 3. The summed E-state index contributed by atoms with van der Waals surface area (Å²) >= 11 is 0. The van der Waals surface area contributed by atoms with E-state index in [2.05, 4.69) is 26.9 Å². The van der Waals surface area contributed by atoms with Crippen molar-refractivity contribution in [1.82, 2.24) is 25.2 Å². The molecule has 3 N–H and O–H groups in total. The fourth-order valence-corrected chi connectivity index (χ4v) is 8.36. The molecule has 6 rings (SSSR count). The van der Waals surface area contributed by atoms with Gasteiger partial charge in [0, 0.05) is 31.0 Å². The summed E-state index contributed by atoms with van der Waals surface area (Å²) in [5.41, 5.74) is -1.42. The van der Waals surface area contributed by atoms with Crippen LogP contribution < -0.4 is 20.1 Å². The molecule has 1 aromatic carbocycles. The van der Waals surface area contributed by atoms with Crippen molar-refractivity contribution in [3.8, 4) is 5.88 Å². The number of nitrogens with one attached hydrogen (secondary N) is 3. The number of sulfonamides is 1. The van der Waals surface area contributed by atoms with Crippen LogP contribution in [0.5, 0.6) is 5.88 Å². The summed E-state index contributed by atoms with van der Waals surface area (Å²) in [5, 5.41) is 6.51. The van der Waals surface area contributed by atoms with Gasteiger partial charge in [-0.3, -0.25) is 19.1 Å². The maximum Gasteiger partial charge on any atom is 0.407 e. The van der Waals surface area contributed by atoms with Crippen molar-refractivity contribution in [2.24, 2.45) is 11.3 Å². The highest BCUT2D eigenvalue weighted by Crippen LogP contribution is 2.45. The van der Waals surface area contributed by atoms with Crippen molar-refractivity contribution >= 4 is 44.6 Å². The molecule has 2 saturated carbocycles. The highest BCUT2D eigenvalue weighted by Gasteiger charge is 2.62. The molecule has 51 heavy (non-hydrogen) atoms. The van der Waals surface area contributed by atoms with E-state index < -0.39 is 74.1 Å². The quantitative estimate of drug-likeness (QED) is 0.359. The first-order valence-electron chi connectivity index (χ1n) is 17.5. The molecule has 2 aliphatic carbocycles. The number of rotatable bonds is 7. The second-order valence-electron chi connectivity index (χ2n) is 15.1. The first-order chi connectivity index (χ1) is 24.2. The lowest BCUT2D eigenvalue weighted by Crippen LogP contribution is -2.60. The van der Waals surface area contributed by atoms with Crippen molar-refractivity contribution < 1.29 is 41.8 Å². The van der Waals surface area contributed by atoms with E-state index in [1.807, 2.05) is 24.3 Å². The number of carbonyl (C=O) groups excluding carboxylic acids is 4. The number of amides is 4. The Morgan fingerprint density at radius 2 is 1.92 bits per heavy atom. The summed E-state index contributed by atoms with van der Waals surface area (Å²) in [6.07, 6.45) is 4.53. The molecule has 0 radical (unpaired) electrons. The van der Waals surface area contributed by atoms with E-state index in [9.17, 15) is 27.6 Å². The summed E-state index contributed by atoms with van der Waals surface area (Å²) in [6.45, 7) is 9.25. The van der Waals surface area contributed by atoms with E-state index in [4.69, 9.17) is 14.2 Å². The van der Waals surface area contributed by atoms with E-state index in [1.165, 1.54) is 11.0 Å². The number of hydrogen-bond acceptors (Lipinski definition) is 10. The lowest BCUT2D eigenvalue weighted by molar-refractivity contribution is -0.142. The Balaban J connectivity index is 1.34. The van der Waals surface area contributed by atoms with Crippen LogP contribution in [0.25, 0.3) is 10.8 Å². The number of pyridine rings is 1. The first-order valence-corrected chi connectivity index (χ1v) is 19.0. The van der Waals surface area contributed by atoms with Crippen LogP contribution in [-0.2, 0) is 33.9 Å². The molecule has 1 aromatic heterocycles. The maximum atomic E-state index is 14.4. The number of fused-ring (bicyclic) bond motifs is 3. The average molecular weight is 726 g/mol. The van der Waals surface area contributed by atoms with Gasteiger partial charge in [0.2, 0.25) is 27.7 Å². The molecule has 276 valence electrons. The molecule has 2 aliphatic heterocycles. The lowest BCUT2D eigenvalue weighted by Gasteiger charge is -2.35. The normalized spacial score (nSPS) is 28.9. The fourth-order valence-electron chi connectivity index (χ4n) is 7.00. The molecule has 14 nitrogen and oxygen atoms in total.